The van der Waals surface area contributed by atoms with Crippen molar-refractivity contribution >= 4 is 5.82 Å². The van der Waals surface area contributed by atoms with Crippen molar-refractivity contribution in [2.24, 2.45) is 17.8 Å². The van der Waals surface area contributed by atoms with Crippen LogP contribution in [0.25, 0.3) is 0 Å². The largest absolute Gasteiger partial charge is 0.382 e. The molecule has 0 radical (unpaired) electrons. The van der Waals surface area contributed by atoms with Crippen LogP contribution in [0.15, 0.2) is 12.3 Å². The van der Waals surface area contributed by atoms with Crippen LogP contribution in [0.2, 0.25) is 0 Å². The van der Waals surface area contributed by atoms with Gasteiger partial charge in [0.15, 0.2) is 0 Å². The summed E-state index contributed by atoms with van der Waals surface area (Å²) in [7, 11) is 0. The third kappa shape index (κ3) is 1.75. The Bertz CT molecular complexity index is 336. The second-order valence-electron chi connectivity index (χ2n) is 5.24. The Morgan fingerprint density at radius 2 is 2.13 bits per heavy atom. The zero-order chi connectivity index (χ0) is 10.3. The molecule has 2 N–H and O–H groups in total. The van der Waals surface area contributed by atoms with E-state index >= 15 is 0 Å². The Morgan fingerprint density at radius 3 is 2.67 bits per heavy atom. The quantitative estimate of drug-likeness (QED) is 0.805. The van der Waals surface area contributed by atoms with E-state index in [0.717, 1.165) is 24.3 Å². The van der Waals surface area contributed by atoms with Crippen LogP contribution in [0.4, 0.5) is 5.82 Å². The molecule has 0 saturated heterocycles. The Hall–Kier alpha value is -0.990. The van der Waals surface area contributed by atoms with E-state index in [-0.39, 0.29) is 0 Å². The predicted octanol–water partition coefficient (Wildman–Crippen LogP) is 2.29. The zero-order valence-electron chi connectivity index (χ0n) is 9.10. The van der Waals surface area contributed by atoms with Gasteiger partial charge >= 0.3 is 0 Å². The lowest BCUT2D eigenvalue weighted by Crippen LogP contribution is -2.33. The van der Waals surface area contributed by atoms with Crippen molar-refractivity contribution < 1.29 is 0 Å². The van der Waals surface area contributed by atoms with Crippen molar-refractivity contribution in [2.45, 2.75) is 38.6 Å². The maximum atomic E-state index is 5.63. The van der Waals surface area contributed by atoms with Crippen LogP contribution in [0.3, 0.4) is 0 Å². The summed E-state index contributed by atoms with van der Waals surface area (Å²) in [5.74, 6) is 3.47. The average Bonchev–Trinajstić information content (AvgIpc) is 2.66. The van der Waals surface area contributed by atoms with E-state index in [4.69, 9.17) is 5.73 Å². The Labute approximate surface area is 90.7 Å². The molecule has 1 aromatic heterocycles. The van der Waals surface area contributed by atoms with Crippen molar-refractivity contribution in [1.29, 1.82) is 0 Å². The molecule has 82 valence electrons. The first-order valence-corrected chi connectivity index (χ1v) is 6.10. The summed E-state index contributed by atoms with van der Waals surface area (Å²) in [5, 5.41) is 4.28. The number of hydrogen-bond acceptors (Lipinski definition) is 2. The number of fused-ring (bicyclic) bond motifs is 3. The van der Waals surface area contributed by atoms with Crippen molar-refractivity contribution in [3.05, 3.63) is 12.3 Å². The Morgan fingerprint density at radius 1 is 1.33 bits per heavy atom. The topological polar surface area (TPSA) is 43.8 Å². The molecular formula is C12H19N3. The van der Waals surface area contributed by atoms with E-state index in [0.29, 0.717) is 5.82 Å². The molecule has 0 aromatic carbocycles. The van der Waals surface area contributed by atoms with Crippen LogP contribution in [0, 0.1) is 17.8 Å². The van der Waals surface area contributed by atoms with E-state index in [1.807, 2.05) is 16.9 Å². The van der Waals surface area contributed by atoms with E-state index in [1.165, 1.54) is 32.1 Å². The minimum atomic E-state index is 0.649. The number of anilines is 1. The third-order valence-corrected chi connectivity index (χ3v) is 4.28. The molecule has 0 amide bonds. The standard InChI is InChI=1S/C12H19N3/c13-12-5-6-15(14-12)8-11-7-9-1-3-10(11)4-2-9/h5-6,9-11H,1-4,7-8H2,(H2,13,14). The summed E-state index contributed by atoms with van der Waals surface area (Å²) in [6.07, 6.45) is 9.28. The lowest BCUT2D eigenvalue weighted by Gasteiger charge is -2.42. The first-order valence-electron chi connectivity index (χ1n) is 6.10. The van der Waals surface area contributed by atoms with Crippen molar-refractivity contribution in [2.75, 3.05) is 5.73 Å². The van der Waals surface area contributed by atoms with E-state index in [2.05, 4.69) is 5.10 Å². The van der Waals surface area contributed by atoms with Gasteiger partial charge in [0, 0.05) is 12.7 Å². The molecule has 3 aliphatic carbocycles. The van der Waals surface area contributed by atoms with E-state index < -0.39 is 0 Å². The van der Waals surface area contributed by atoms with Crippen molar-refractivity contribution in [1.82, 2.24) is 9.78 Å². The second kappa shape index (κ2) is 3.54. The molecule has 1 aromatic rings. The molecule has 15 heavy (non-hydrogen) atoms. The molecule has 3 nitrogen and oxygen atoms in total. The third-order valence-electron chi connectivity index (χ3n) is 4.28. The minimum Gasteiger partial charge on any atom is -0.382 e. The monoisotopic (exact) mass is 205 g/mol. The molecule has 0 spiro atoms. The van der Waals surface area contributed by atoms with Gasteiger partial charge in [-0.2, -0.15) is 5.10 Å². The molecule has 2 bridgehead atoms. The molecule has 3 fully saturated rings. The molecule has 3 heteroatoms. The SMILES string of the molecule is Nc1ccn(CC2CC3CCC2CC3)n1. The maximum Gasteiger partial charge on any atom is 0.145 e. The van der Waals surface area contributed by atoms with Crippen molar-refractivity contribution in [3.63, 3.8) is 0 Å². The summed E-state index contributed by atoms with van der Waals surface area (Å²) in [5.41, 5.74) is 5.63. The van der Waals surface area contributed by atoms with Gasteiger partial charge in [-0.15, -0.1) is 0 Å². The number of hydrogen-bond donors (Lipinski definition) is 1. The summed E-state index contributed by atoms with van der Waals surface area (Å²) in [6.45, 7) is 1.08. The van der Waals surface area contributed by atoms with Gasteiger partial charge in [-0.05, 0) is 43.1 Å². The molecule has 0 aliphatic heterocycles. The van der Waals surface area contributed by atoms with Gasteiger partial charge in [0.25, 0.3) is 0 Å². The van der Waals surface area contributed by atoms with Gasteiger partial charge in [-0.3, -0.25) is 4.68 Å². The average molecular weight is 205 g/mol. The number of rotatable bonds is 2. The Balaban J connectivity index is 1.68. The lowest BCUT2D eigenvalue weighted by atomic mass is 9.65. The van der Waals surface area contributed by atoms with Gasteiger partial charge < -0.3 is 5.73 Å². The van der Waals surface area contributed by atoms with Crippen LogP contribution in [-0.2, 0) is 6.54 Å². The minimum absolute atomic E-state index is 0.649. The first-order chi connectivity index (χ1) is 7.31. The van der Waals surface area contributed by atoms with Crippen LogP contribution >= 0.6 is 0 Å². The summed E-state index contributed by atoms with van der Waals surface area (Å²) in [6, 6.07) is 1.89. The fourth-order valence-corrected chi connectivity index (χ4v) is 3.46. The van der Waals surface area contributed by atoms with Gasteiger partial charge in [0.05, 0.1) is 0 Å². The van der Waals surface area contributed by atoms with Crippen molar-refractivity contribution in [3.8, 4) is 0 Å². The Kier molecular flexibility index (Phi) is 2.19. The molecule has 1 unspecified atom stereocenters. The lowest BCUT2D eigenvalue weighted by molar-refractivity contribution is 0.0844. The molecule has 4 rings (SSSR count). The highest BCUT2D eigenvalue weighted by Gasteiger charge is 2.35. The number of aromatic nitrogens is 2. The number of nitrogen functional groups attached to an aromatic ring is 1. The second-order valence-corrected chi connectivity index (χ2v) is 5.24. The van der Waals surface area contributed by atoms with Crippen LogP contribution < -0.4 is 5.73 Å². The normalized spacial score (nSPS) is 34.5. The van der Waals surface area contributed by atoms with Crippen LogP contribution in [0.5, 0.6) is 0 Å². The smallest absolute Gasteiger partial charge is 0.145 e. The van der Waals surface area contributed by atoms with Gasteiger partial charge in [-0.1, -0.05) is 12.8 Å². The van der Waals surface area contributed by atoms with Crippen LogP contribution in [0.1, 0.15) is 32.1 Å². The molecule has 3 aliphatic rings. The van der Waals surface area contributed by atoms with E-state index in [9.17, 15) is 0 Å². The molecule has 3 saturated carbocycles. The molecule has 1 heterocycles. The first kappa shape index (κ1) is 9.25. The number of nitrogens with two attached hydrogens (primary N) is 1. The van der Waals surface area contributed by atoms with Gasteiger partial charge in [0.1, 0.15) is 5.82 Å². The highest BCUT2D eigenvalue weighted by atomic mass is 15.3. The zero-order valence-corrected chi connectivity index (χ0v) is 9.10. The van der Waals surface area contributed by atoms with Gasteiger partial charge in [0.2, 0.25) is 0 Å². The fourth-order valence-electron chi connectivity index (χ4n) is 3.46. The maximum absolute atomic E-state index is 5.63. The van der Waals surface area contributed by atoms with Gasteiger partial charge in [-0.25, -0.2) is 0 Å². The van der Waals surface area contributed by atoms with Crippen LogP contribution in [-0.4, -0.2) is 9.78 Å². The molecular weight excluding hydrogens is 186 g/mol. The number of nitrogens with zero attached hydrogens (tertiary/aromatic N) is 2. The summed E-state index contributed by atoms with van der Waals surface area (Å²) < 4.78 is 2.03. The summed E-state index contributed by atoms with van der Waals surface area (Å²) >= 11 is 0. The highest BCUT2D eigenvalue weighted by molar-refractivity contribution is 5.23. The summed E-state index contributed by atoms with van der Waals surface area (Å²) in [4.78, 5) is 0. The van der Waals surface area contributed by atoms with E-state index in [1.54, 1.807) is 0 Å². The predicted molar refractivity (Wildman–Crippen MR) is 60.2 cm³/mol. The highest BCUT2D eigenvalue weighted by Crippen LogP contribution is 2.45. The fraction of sp³-hybridized carbons (Fsp3) is 0.750. The molecule has 1 atom stereocenters.